The minimum Gasteiger partial charge on any atom is -0.493 e. The van der Waals surface area contributed by atoms with Gasteiger partial charge in [0.2, 0.25) is 5.75 Å². The highest BCUT2D eigenvalue weighted by Gasteiger charge is 2.18. The van der Waals surface area contributed by atoms with E-state index in [1.807, 2.05) is 0 Å². The van der Waals surface area contributed by atoms with Gasteiger partial charge in [0.25, 0.3) is 5.91 Å². The lowest BCUT2D eigenvalue weighted by Crippen LogP contribution is -2.13. The number of methoxy groups -OCH3 is 3. The van der Waals surface area contributed by atoms with Gasteiger partial charge < -0.3 is 19.5 Å². The van der Waals surface area contributed by atoms with Crippen LogP contribution in [0.2, 0.25) is 10.0 Å². The lowest BCUT2D eigenvalue weighted by atomic mass is 10.1. The Morgan fingerprint density at radius 3 is 2.13 bits per heavy atom. The Morgan fingerprint density at radius 2 is 1.61 bits per heavy atom. The summed E-state index contributed by atoms with van der Waals surface area (Å²) in [6.07, 6.45) is 0. The van der Waals surface area contributed by atoms with Gasteiger partial charge in [0.1, 0.15) is 0 Å². The van der Waals surface area contributed by atoms with E-state index in [2.05, 4.69) is 5.32 Å². The van der Waals surface area contributed by atoms with Crippen molar-refractivity contribution in [2.75, 3.05) is 26.6 Å². The fourth-order valence-electron chi connectivity index (χ4n) is 2.01. The second kappa shape index (κ2) is 7.44. The number of nitrogens with one attached hydrogen (secondary N) is 1. The van der Waals surface area contributed by atoms with Crippen molar-refractivity contribution in [2.45, 2.75) is 0 Å². The summed E-state index contributed by atoms with van der Waals surface area (Å²) in [5.41, 5.74) is 0.744. The number of carbonyl (C=O) groups is 1. The first-order valence-electron chi connectivity index (χ1n) is 6.57. The predicted octanol–water partition coefficient (Wildman–Crippen LogP) is 4.27. The molecule has 23 heavy (non-hydrogen) atoms. The van der Waals surface area contributed by atoms with E-state index in [4.69, 9.17) is 37.4 Å². The first kappa shape index (κ1) is 17.2. The molecule has 0 saturated carbocycles. The van der Waals surface area contributed by atoms with E-state index in [1.165, 1.54) is 21.3 Å². The number of hydrogen-bond acceptors (Lipinski definition) is 4. The van der Waals surface area contributed by atoms with Gasteiger partial charge in [0.15, 0.2) is 11.5 Å². The number of halogens is 2. The van der Waals surface area contributed by atoms with Crippen LogP contribution < -0.4 is 19.5 Å². The van der Waals surface area contributed by atoms with Gasteiger partial charge in [-0.25, -0.2) is 0 Å². The van der Waals surface area contributed by atoms with Crippen molar-refractivity contribution in [3.8, 4) is 17.2 Å². The van der Waals surface area contributed by atoms with Gasteiger partial charge in [-0.05, 0) is 24.3 Å². The Balaban J connectivity index is 2.37. The van der Waals surface area contributed by atoms with Crippen LogP contribution in [0.4, 0.5) is 5.69 Å². The number of rotatable bonds is 5. The maximum absolute atomic E-state index is 12.4. The molecule has 0 heterocycles. The van der Waals surface area contributed by atoms with Gasteiger partial charge in [0.05, 0.1) is 37.1 Å². The van der Waals surface area contributed by atoms with Gasteiger partial charge in [0, 0.05) is 5.56 Å². The predicted molar refractivity (Wildman–Crippen MR) is 90.5 cm³/mol. The van der Waals surface area contributed by atoms with Crippen molar-refractivity contribution in [3.63, 3.8) is 0 Å². The molecule has 0 atom stereocenters. The molecule has 0 radical (unpaired) electrons. The van der Waals surface area contributed by atoms with Crippen LogP contribution in [0.5, 0.6) is 17.2 Å². The average molecular weight is 356 g/mol. The molecular weight excluding hydrogens is 341 g/mol. The van der Waals surface area contributed by atoms with Gasteiger partial charge in [-0.2, -0.15) is 0 Å². The summed E-state index contributed by atoms with van der Waals surface area (Å²) in [7, 11) is 4.45. The Morgan fingerprint density at radius 1 is 1.00 bits per heavy atom. The Kier molecular flexibility index (Phi) is 5.58. The number of carbonyl (C=O) groups excluding carboxylic acids is 1. The van der Waals surface area contributed by atoms with Crippen LogP contribution in [0, 0.1) is 0 Å². The van der Waals surface area contributed by atoms with Crippen LogP contribution in [-0.4, -0.2) is 27.2 Å². The zero-order valence-electron chi connectivity index (χ0n) is 12.8. The van der Waals surface area contributed by atoms with E-state index in [0.717, 1.165) is 0 Å². The highest BCUT2D eigenvalue weighted by Crippen LogP contribution is 2.38. The van der Waals surface area contributed by atoms with E-state index in [-0.39, 0.29) is 10.9 Å². The minimum absolute atomic E-state index is 0.273. The molecule has 0 unspecified atom stereocenters. The summed E-state index contributed by atoms with van der Waals surface area (Å²) in [5.74, 6) is 0.795. The summed E-state index contributed by atoms with van der Waals surface area (Å²) >= 11 is 12.0. The Labute approximate surface area is 144 Å². The van der Waals surface area contributed by atoms with Crippen molar-refractivity contribution in [3.05, 3.63) is 45.9 Å². The topological polar surface area (TPSA) is 56.8 Å². The molecule has 2 aromatic rings. The fourth-order valence-corrected chi connectivity index (χ4v) is 2.35. The first-order chi connectivity index (χ1) is 11.0. The first-order valence-corrected chi connectivity index (χ1v) is 7.32. The SMILES string of the molecule is COc1cc(C(=O)Nc2cccc(Cl)c2Cl)cc(OC)c1OC. The zero-order chi connectivity index (χ0) is 17.0. The third-order valence-corrected chi connectivity index (χ3v) is 3.95. The number of amides is 1. The van der Waals surface area contributed by atoms with Crippen molar-refractivity contribution in [2.24, 2.45) is 0 Å². The molecule has 0 fully saturated rings. The molecule has 1 amide bonds. The maximum Gasteiger partial charge on any atom is 0.255 e. The highest BCUT2D eigenvalue weighted by molar-refractivity contribution is 6.44. The van der Waals surface area contributed by atoms with Crippen molar-refractivity contribution < 1.29 is 19.0 Å². The third kappa shape index (κ3) is 3.63. The van der Waals surface area contributed by atoms with Crippen molar-refractivity contribution >= 4 is 34.8 Å². The third-order valence-electron chi connectivity index (χ3n) is 3.13. The number of anilines is 1. The molecule has 0 saturated heterocycles. The molecule has 0 bridgehead atoms. The summed E-state index contributed by atoms with van der Waals surface area (Å²) < 4.78 is 15.7. The number of ether oxygens (including phenoxy) is 3. The second-order valence-corrected chi connectivity index (χ2v) is 5.25. The quantitative estimate of drug-likeness (QED) is 0.869. The Hall–Kier alpha value is -2.11. The molecule has 2 aromatic carbocycles. The molecule has 0 aromatic heterocycles. The van der Waals surface area contributed by atoms with E-state index >= 15 is 0 Å². The summed E-state index contributed by atoms with van der Waals surface area (Å²) in [5, 5.41) is 3.33. The van der Waals surface area contributed by atoms with Gasteiger partial charge >= 0.3 is 0 Å². The van der Waals surface area contributed by atoms with Crippen molar-refractivity contribution in [1.29, 1.82) is 0 Å². The Bertz CT molecular complexity index is 709. The normalized spacial score (nSPS) is 10.1. The molecule has 7 heteroatoms. The lowest BCUT2D eigenvalue weighted by molar-refractivity contribution is 0.102. The van der Waals surface area contributed by atoms with Gasteiger partial charge in [-0.3, -0.25) is 4.79 Å². The van der Waals surface area contributed by atoms with Crippen LogP contribution >= 0.6 is 23.2 Å². The monoisotopic (exact) mass is 355 g/mol. The molecule has 0 spiro atoms. The number of hydrogen-bond donors (Lipinski definition) is 1. The lowest BCUT2D eigenvalue weighted by Gasteiger charge is -2.14. The van der Waals surface area contributed by atoms with Crippen LogP contribution in [-0.2, 0) is 0 Å². The standard InChI is InChI=1S/C16H15Cl2NO4/c1-21-12-7-9(8-13(22-2)15(12)23-3)16(20)19-11-6-4-5-10(17)14(11)18/h4-8H,1-3H3,(H,19,20). The van der Waals surface area contributed by atoms with Crippen LogP contribution in [0.15, 0.2) is 30.3 Å². The fraction of sp³-hybridized carbons (Fsp3) is 0.188. The van der Waals surface area contributed by atoms with E-state index in [1.54, 1.807) is 30.3 Å². The van der Waals surface area contributed by atoms with E-state index < -0.39 is 0 Å². The van der Waals surface area contributed by atoms with Crippen molar-refractivity contribution in [1.82, 2.24) is 0 Å². The van der Waals surface area contributed by atoms with Crippen LogP contribution in [0.1, 0.15) is 10.4 Å². The van der Waals surface area contributed by atoms with E-state index in [0.29, 0.717) is 33.5 Å². The largest absolute Gasteiger partial charge is 0.493 e. The highest BCUT2D eigenvalue weighted by atomic mass is 35.5. The van der Waals surface area contributed by atoms with Crippen LogP contribution in [0.3, 0.4) is 0 Å². The summed E-state index contributed by atoms with van der Waals surface area (Å²) in [4.78, 5) is 12.4. The smallest absolute Gasteiger partial charge is 0.255 e. The summed E-state index contributed by atoms with van der Waals surface area (Å²) in [6.45, 7) is 0. The maximum atomic E-state index is 12.4. The molecular formula is C16H15Cl2NO4. The minimum atomic E-state index is -0.381. The van der Waals surface area contributed by atoms with Gasteiger partial charge in [-0.1, -0.05) is 29.3 Å². The molecule has 0 aliphatic rings. The molecule has 2 rings (SSSR count). The molecule has 1 N–H and O–H groups in total. The molecule has 0 aliphatic heterocycles. The zero-order valence-corrected chi connectivity index (χ0v) is 14.3. The molecule has 122 valence electrons. The average Bonchev–Trinajstić information content (AvgIpc) is 2.57. The molecule has 5 nitrogen and oxygen atoms in total. The van der Waals surface area contributed by atoms with E-state index in [9.17, 15) is 4.79 Å². The molecule has 0 aliphatic carbocycles. The second-order valence-electron chi connectivity index (χ2n) is 4.47. The number of benzene rings is 2. The van der Waals surface area contributed by atoms with Crippen LogP contribution in [0.25, 0.3) is 0 Å². The summed E-state index contributed by atoms with van der Waals surface area (Å²) in [6, 6.07) is 8.09. The van der Waals surface area contributed by atoms with Gasteiger partial charge in [-0.15, -0.1) is 0 Å².